The highest BCUT2D eigenvalue weighted by Gasteiger charge is 2.13. The minimum Gasteiger partial charge on any atom is -0.324 e. The van der Waals surface area contributed by atoms with Crippen molar-refractivity contribution in [1.82, 2.24) is 14.9 Å². The summed E-state index contributed by atoms with van der Waals surface area (Å²) in [5.74, 6) is 1.10. The summed E-state index contributed by atoms with van der Waals surface area (Å²) in [5, 5.41) is 3.65. The number of benzene rings is 1. The van der Waals surface area contributed by atoms with Crippen molar-refractivity contribution in [2.45, 2.75) is 52.6 Å². The maximum atomic E-state index is 4.64. The first-order chi connectivity index (χ1) is 9.17. The summed E-state index contributed by atoms with van der Waals surface area (Å²) in [6.07, 6.45) is 2.37. The van der Waals surface area contributed by atoms with E-state index in [2.05, 4.69) is 60.8 Å². The monoisotopic (exact) mass is 259 g/mol. The number of aryl methyl sites for hydroxylation is 1. The van der Waals surface area contributed by atoms with E-state index in [1.165, 1.54) is 18.4 Å². The summed E-state index contributed by atoms with van der Waals surface area (Å²) >= 11 is 0. The Morgan fingerprint density at radius 1 is 1.21 bits per heavy atom. The fourth-order valence-corrected chi connectivity index (χ4v) is 2.73. The van der Waals surface area contributed by atoms with Gasteiger partial charge in [-0.15, -0.1) is 0 Å². The first-order valence-electron chi connectivity index (χ1n) is 7.34. The molecule has 0 radical (unpaired) electrons. The average Bonchev–Trinajstić information content (AvgIpc) is 2.75. The summed E-state index contributed by atoms with van der Waals surface area (Å²) in [5.41, 5.74) is 2.33. The van der Waals surface area contributed by atoms with Crippen LogP contribution in [0.1, 0.15) is 45.5 Å². The molecule has 0 bridgehead atoms. The molecule has 2 rings (SSSR count). The van der Waals surface area contributed by atoms with Crippen molar-refractivity contribution in [2.75, 3.05) is 6.54 Å². The quantitative estimate of drug-likeness (QED) is 0.857. The van der Waals surface area contributed by atoms with E-state index >= 15 is 0 Å². The fourth-order valence-electron chi connectivity index (χ4n) is 2.73. The number of hydrogen-bond acceptors (Lipinski definition) is 2. The van der Waals surface area contributed by atoms with Crippen LogP contribution in [0.5, 0.6) is 0 Å². The lowest BCUT2D eigenvalue weighted by molar-refractivity contribution is 0.422. The highest BCUT2D eigenvalue weighted by Crippen LogP contribution is 2.20. The lowest BCUT2D eigenvalue weighted by Crippen LogP contribution is -2.32. The van der Waals surface area contributed by atoms with Gasteiger partial charge in [-0.25, -0.2) is 4.98 Å². The number of nitrogens with zero attached hydrogens (tertiary/aromatic N) is 2. The van der Waals surface area contributed by atoms with Gasteiger partial charge in [0.25, 0.3) is 0 Å². The molecule has 1 unspecified atom stereocenters. The molecule has 0 aliphatic heterocycles. The molecule has 0 amide bonds. The van der Waals surface area contributed by atoms with Gasteiger partial charge in [0.15, 0.2) is 0 Å². The molecule has 1 heterocycles. The van der Waals surface area contributed by atoms with Gasteiger partial charge in [-0.2, -0.15) is 0 Å². The molecule has 19 heavy (non-hydrogen) atoms. The maximum Gasteiger partial charge on any atom is 0.107 e. The van der Waals surface area contributed by atoms with Crippen LogP contribution in [0, 0.1) is 6.92 Å². The topological polar surface area (TPSA) is 29.9 Å². The minimum atomic E-state index is 0.424. The highest BCUT2D eigenvalue weighted by molar-refractivity contribution is 5.76. The first kappa shape index (κ1) is 14.1. The van der Waals surface area contributed by atoms with Crippen LogP contribution in [0.2, 0.25) is 0 Å². The zero-order valence-corrected chi connectivity index (χ0v) is 12.5. The van der Waals surface area contributed by atoms with Crippen LogP contribution in [-0.4, -0.2) is 22.1 Å². The Kier molecular flexibility index (Phi) is 4.59. The smallest absolute Gasteiger partial charge is 0.107 e. The molecule has 3 nitrogen and oxygen atoms in total. The van der Waals surface area contributed by atoms with Gasteiger partial charge in [-0.1, -0.05) is 26.0 Å². The number of nitrogens with one attached hydrogen (secondary N) is 1. The maximum absolute atomic E-state index is 4.64. The molecule has 0 aliphatic carbocycles. The number of hydrogen-bond donors (Lipinski definition) is 1. The Balaban J connectivity index is 2.17. The largest absolute Gasteiger partial charge is 0.324 e. The van der Waals surface area contributed by atoms with E-state index in [1.54, 1.807) is 0 Å². The van der Waals surface area contributed by atoms with Crippen molar-refractivity contribution in [1.29, 1.82) is 0 Å². The second-order valence-electron chi connectivity index (χ2n) is 5.29. The van der Waals surface area contributed by atoms with Crippen molar-refractivity contribution in [3.8, 4) is 0 Å². The average molecular weight is 259 g/mol. The summed E-state index contributed by atoms with van der Waals surface area (Å²) in [4.78, 5) is 4.64. The molecule has 0 aliphatic rings. The van der Waals surface area contributed by atoms with Crippen LogP contribution in [0.4, 0.5) is 0 Å². The number of fused-ring (bicyclic) bond motifs is 1. The van der Waals surface area contributed by atoms with Crippen molar-refractivity contribution in [3.63, 3.8) is 0 Å². The molecule has 0 fully saturated rings. The van der Waals surface area contributed by atoms with E-state index in [9.17, 15) is 0 Å². The number of para-hydroxylation sites is 2. The van der Waals surface area contributed by atoms with Gasteiger partial charge in [0.05, 0.1) is 11.0 Å². The lowest BCUT2D eigenvalue weighted by atomic mass is 10.1. The van der Waals surface area contributed by atoms with Crippen molar-refractivity contribution >= 4 is 11.0 Å². The molecule has 0 spiro atoms. The minimum absolute atomic E-state index is 0.424. The Labute approximate surface area is 116 Å². The van der Waals surface area contributed by atoms with Gasteiger partial charge < -0.3 is 9.88 Å². The van der Waals surface area contributed by atoms with Crippen LogP contribution >= 0.6 is 0 Å². The first-order valence-corrected chi connectivity index (χ1v) is 7.34. The van der Waals surface area contributed by atoms with Crippen molar-refractivity contribution in [2.24, 2.45) is 0 Å². The van der Waals surface area contributed by atoms with Crippen molar-refractivity contribution < 1.29 is 0 Å². The molecule has 104 valence electrons. The second-order valence-corrected chi connectivity index (χ2v) is 5.29. The van der Waals surface area contributed by atoms with Gasteiger partial charge >= 0.3 is 0 Å². The fraction of sp³-hybridized carbons (Fsp3) is 0.562. The van der Waals surface area contributed by atoms with Gasteiger partial charge in [0.2, 0.25) is 0 Å². The molecule has 0 saturated heterocycles. The molecule has 1 aromatic heterocycles. The molecule has 0 saturated carbocycles. The van der Waals surface area contributed by atoms with E-state index in [0.29, 0.717) is 12.1 Å². The zero-order chi connectivity index (χ0) is 13.8. The Bertz CT molecular complexity index is 526. The van der Waals surface area contributed by atoms with Crippen LogP contribution in [-0.2, 0) is 0 Å². The van der Waals surface area contributed by atoms with Crippen LogP contribution in [0.25, 0.3) is 11.0 Å². The van der Waals surface area contributed by atoms with E-state index in [-0.39, 0.29) is 0 Å². The van der Waals surface area contributed by atoms with Gasteiger partial charge in [-0.05, 0) is 38.8 Å². The zero-order valence-electron chi connectivity index (χ0n) is 12.5. The summed E-state index contributed by atoms with van der Waals surface area (Å²) in [6, 6.07) is 9.42. The normalized spacial score (nSPS) is 13.3. The Morgan fingerprint density at radius 2 is 1.89 bits per heavy atom. The van der Waals surface area contributed by atoms with E-state index < -0.39 is 0 Å². The number of imidazole rings is 1. The third kappa shape index (κ3) is 2.98. The van der Waals surface area contributed by atoms with Gasteiger partial charge in [-0.3, -0.25) is 0 Å². The van der Waals surface area contributed by atoms with Gasteiger partial charge in [0, 0.05) is 18.6 Å². The van der Waals surface area contributed by atoms with Gasteiger partial charge in [0.1, 0.15) is 5.82 Å². The summed E-state index contributed by atoms with van der Waals surface area (Å²) in [7, 11) is 0. The molecule has 3 heteroatoms. The molecule has 1 atom stereocenters. The molecule has 1 aromatic carbocycles. The van der Waals surface area contributed by atoms with Crippen LogP contribution in [0.15, 0.2) is 24.3 Å². The summed E-state index contributed by atoms with van der Waals surface area (Å²) < 4.78 is 2.34. The van der Waals surface area contributed by atoms with E-state index in [0.717, 1.165) is 17.9 Å². The third-order valence-electron chi connectivity index (χ3n) is 3.90. The lowest BCUT2D eigenvalue weighted by Gasteiger charge is -2.21. The molecular weight excluding hydrogens is 234 g/mol. The number of rotatable bonds is 6. The van der Waals surface area contributed by atoms with Crippen LogP contribution < -0.4 is 5.32 Å². The van der Waals surface area contributed by atoms with Crippen LogP contribution in [0.3, 0.4) is 0 Å². The predicted octanol–water partition coefficient (Wildman–Crippen LogP) is 3.68. The predicted molar refractivity (Wildman–Crippen MR) is 81.6 cm³/mol. The van der Waals surface area contributed by atoms with E-state index in [4.69, 9.17) is 0 Å². The number of aromatic nitrogens is 2. The SMILES string of the molecule is CCC(CC)NCC(C)n1c(C)nc2ccccc21. The Hall–Kier alpha value is -1.35. The van der Waals surface area contributed by atoms with Crippen molar-refractivity contribution in [3.05, 3.63) is 30.1 Å². The standard InChI is InChI=1S/C16H25N3/c1-5-14(6-2)17-11-12(3)19-13(4)18-15-9-7-8-10-16(15)19/h7-10,12,14,17H,5-6,11H2,1-4H3. The molecular formula is C16H25N3. The molecule has 2 aromatic rings. The third-order valence-corrected chi connectivity index (χ3v) is 3.90. The second kappa shape index (κ2) is 6.20. The highest BCUT2D eigenvalue weighted by atomic mass is 15.1. The van der Waals surface area contributed by atoms with E-state index in [1.807, 2.05) is 6.07 Å². The Morgan fingerprint density at radius 3 is 2.58 bits per heavy atom. The summed E-state index contributed by atoms with van der Waals surface area (Å²) in [6.45, 7) is 9.82. The molecule has 1 N–H and O–H groups in total.